The fourth-order valence-electron chi connectivity index (χ4n) is 4.03. The van der Waals surface area contributed by atoms with Gasteiger partial charge < -0.3 is 15.8 Å². The Balaban J connectivity index is 1.38. The maximum absolute atomic E-state index is 12.3. The van der Waals surface area contributed by atoms with Crippen LogP contribution in [0.25, 0.3) is 0 Å². The molecule has 21 heavy (non-hydrogen) atoms. The summed E-state index contributed by atoms with van der Waals surface area (Å²) in [4.78, 5) is 14.8. The van der Waals surface area contributed by atoms with Crippen molar-refractivity contribution >= 4 is 5.91 Å². The molecule has 3 fully saturated rings. The van der Waals surface area contributed by atoms with Gasteiger partial charge >= 0.3 is 0 Å². The van der Waals surface area contributed by atoms with E-state index in [0.717, 1.165) is 45.4 Å². The minimum atomic E-state index is 0.170. The first-order chi connectivity index (χ1) is 10.3. The molecule has 3 N–H and O–H groups in total. The number of nitrogens with two attached hydrogens (primary N) is 1. The summed E-state index contributed by atoms with van der Waals surface area (Å²) in [5.41, 5.74) is 5.70. The van der Waals surface area contributed by atoms with Crippen LogP contribution in [0.4, 0.5) is 0 Å². The van der Waals surface area contributed by atoms with Crippen molar-refractivity contribution in [2.45, 2.75) is 50.7 Å². The van der Waals surface area contributed by atoms with Gasteiger partial charge in [-0.3, -0.25) is 9.69 Å². The van der Waals surface area contributed by atoms with Gasteiger partial charge in [0, 0.05) is 25.0 Å². The van der Waals surface area contributed by atoms with Gasteiger partial charge in [-0.05, 0) is 57.5 Å². The monoisotopic (exact) mass is 295 g/mol. The molecular formula is C16H29N3O2. The molecule has 0 aromatic carbocycles. The molecule has 120 valence electrons. The van der Waals surface area contributed by atoms with Crippen LogP contribution in [0.3, 0.4) is 0 Å². The van der Waals surface area contributed by atoms with Gasteiger partial charge in [0.1, 0.15) is 0 Å². The Morgan fingerprint density at radius 1 is 1.24 bits per heavy atom. The molecule has 2 aliphatic heterocycles. The largest absolute Gasteiger partial charge is 0.373 e. The first-order valence-corrected chi connectivity index (χ1v) is 8.59. The van der Waals surface area contributed by atoms with Gasteiger partial charge in [0.05, 0.1) is 12.7 Å². The average Bonchev–Trinajstić information content (AvgIpc) is 3.00. The molecule has 0 spiro atoms. The Hall–Kier alpha value is -0.650. The number of hydrogen-bond acceptors (Lipinski definition) is 4. The summed E-state index contributed by atoms with van der Waals surface area (Å²) < 4.78 is 5.89. The van der Waals surface area contributed by atoms with E-state index in [-0.39, 0.29) is 17.9 Å². The van der Waals surface area contributed by atoms with Gasteiger partial charge in [-0.1, -0.05) is 0 Å². The number of hydrogen-bond donors (Lipinski definition) is 2. The van der Waals surface area contributed by atoms with E-state index in [1.807, 2.05) is 0 Å². The topological polar surface area (TPSA) is 67.6 Å². The zero-order valence-corrected chi connectivity index (χ0v) is 12.9. The van der Waals surface area contributed by atoms with E-state index in [2.05, 4.69) is 10.2 Å². The van der Waals surface area contributed by atoms with Crippen LogP contribution in [-0.4, -0.2) is 55.7 Å². The lowest BCUT2D eigenvalue weighted by Gasteiger charge is -2.35. The summed E-state index contributed by atoms with van der Waals surface area (Å²) in [6.07, 6.45) is 6.92. The average molecular weight is 295 g/mol. The summed E-state index contributed by atoms with van der Waals surface area (Å²) in [6.45, 7) is 4.44. The molecule has 2 saturated heterocycles. The first kappa shape index (κ1) is 15.3. The van der Waals surface area contributed by atoms with Crippen LogP contribution in [0.15, 0.2) is 0 Å². The van der Waals surface area contributed by atoms with Crippen molar-refractivity contribution in [3.63, 3.8) is 0 Å². The van der Waals surface area contributed by atoms with Gasteiger partial charge in [-0.2, -0.15) is 0 Å². The zero-order chi connectivity index (χ0) is 14.7. The number of fused-ring (bicyclic) bond motifs is 1. The summed E-state index contributed by atoms with van der Waals surface area (Å²) in [5, 5.41) is 3.11. The fraction of sp³-hybridized carbons (Fsp3) is 0.938. The molecule has 0 radical (unpaired) electrons. The molecule has 1 saturated carbocycles. The third-order valence-electron chi connectivity index (χ3n) is 5.52. The molecule has 5 heteroatoms. The van der Waals surface area contributed by atoms with Crippen molar-refractivity contribution in [1.82, 2.24) is 10.2 Å². The predicted octanol–water partition coefficient (Wildman–Crippen LogP) is 0.731. The van der Waals surface area contributed by atoms with Crippen molar-refractivity contribution in [2.75, 3.05) is 32.8 Å². The van der Waals surface area contributed by atoms with E-state index in [0.29, 0.717) is 18.5 Å². The molecule has 2 unspecified atom stereocenters. The highest BCUT2D eigenvalue weighted by Gasteiger charge is 2.33. The summed E-state index contributed by atoms with van der Waals surface area (Å²) >= 11 is 0. The summed E-state index contributed by atoms with van der Waals surface area (Å²) in [6, 6.07) is 0.628. The van der Waals surface area contributed by atoms with Gasteiger partial charge in [-0.15, -0.1) is 0 Å². The number of nitrogens with one attached hydrogen (secondary N) is 1. The molecule has 0 aromatic rings. The standard InChI is InChI=1S/C16H29N3O2/c17-8-12-3-5-13(6-4-12)16(20)18-9-15-10-19-7-1-2-14(19)11-21-15/h12-15H,1-11,17H2,(H,18,20). The van der Waals surface area contributed by atoms with E-state index >= 15 is 0 Å². The quantitative estimate of drug-likeness (QED) is 0.802. The number of morpholine rings is 1. The second-order valence-electron chi connectivity index (χ2n) is 6.94. The van der Waals surface area contributed by atoms with Gasteiger partial charge in [0.2, 0.25) is 5.91 Å². The predicted molar refractivity (Wildman–Crippen MR) is 81.8 cm³/mol. The number of carbonyl (C=O) groups is 1. The van der Waals surface area contributed by atoms with Gasteiger partial charge in [0.15, 0.2) is 0 Å². The van der Waals surface area contributed by atoms with Crippen LogP contribution in [-0.2, 0) is 9.53 Å². The SMILES string of the molecule is NCC1CCC(C(=O)NCC2CN3CCCC3CO2)CC1. The maximum atomic E-state index is 12.3. The molecular weight excluding hydrogens is 266 g/mol. The lowest BCUT2D eigenvalue weighted by atomic mass is 9.81. The highest BCUT2D eigenvalue weighted by Crippen LogP contribution is 2.28. The fourth-order valence-corrected chi connectivity index (χ4v) is 4.03. The van der Waals surface area contributed by atoms with Crippen molar-refractivity contribution in [3.8, 4) is 0 Å². The Bertz CT molecular complexity index is 355. The van der Waals surface area contributed by atoms with Crippen LogP contribution in [0.1, 0.15) is 38.5 Å². The van der Waals surface area contributed by atoms with Crippen molar-refractivity contribution in [2.24, 2.45) is 17.6 Å². The third-order valence-corrected chi connectivity index (χ3v) is 5.52. The van der Waals surface area contributed by atoms with Crippen molar-refractivity contribution < 1.29 is 9.53 Å². The Labute approximate surface area is 127 Å². The zero-order valence-electron chi connectivity index (χ0n) is 12.9. The van der Waals surface area contributed by atoms with Crippen LogP contribution < -0.4 is 11.1 Å². The normalized spacial score (nSPS) is 37.2. The highest BCUT2D eigenvalue weighted by molar-refractivity contribution is 5.78. The minimum Gasteiger partial charge on any atom is -0.373 e. The van der Waals surface area contributed by atoms with Crippen molar-refractivity contribution in [3.05, 3.63) is 0 Å². The molecule has 1 aliphatic carbocycles. The highest BCUT2D eigenvalue weighted by atomic mass is 16.5. The molecule has 3 aliphatic rings. The number of carbonyl (C=O) groups excluding carboxylic acids is 1. The lowest BCUT2D eigenvalue weighted by molar-refractivity contribution is -0.127. The minimum absolute atomic E-state index is 0.170. The van der Waals surface area contributed by atoms with Crippen LogP contribution in [0.2, 0.25) is 0 Å². The second-order valence-corrected chi connectivity index (χ2v) is 6.94. The van der Waals surface area contributed by atoms with Crippen LogP contribution in [0.5, 0.6) is 0 Å². The molecule has 2 atom stereocenters. The third kappa shape index (κ3) is 3.76. The molecule has 1 amide bonds. The Morgan fingerprint density at radius 2 is 2.05 bits per heavy atom. The van der Waals surface area contributed by atoms with Crippen LogP contribution >= 0.6 is 0 Å². The van der Waals surface area contributed by atoms with E-state index < -0.39 is 0 Å². The van der Waals surface area contributed by atoms with E-state index in [1.54, 1.807) is 0 Å². The molecule has 2 heterocycles. The number of ether oxygens (including phenoxy) is 1. The molecule has 0 aromatic heterocycles. The second kappa shape index (κ2) is 7.07. The number of nitrogens with zero attached hydrogens (tertiary/aromatic N) is 1. The Kier molecular flexibility index (Phi) is 5.14. The smallest absolute Gasteiger partial charge is 0.223 e. The van der Waals surface area contributed by atoms with Crippen LogP contribution in [0, 0.1) is 11.8 Å². The summed E-state index contributed by atoms with van der Waals surface area (Å²) in [7, 11) is 0. The van der Waals surface area contributed by atoms with E-state index in [1.165, 1.54) is 19.4 Å². The first-order valence-electron chi connectivity index (χ1n) is 8.59. The Morgan fingerprint density at radius 3 is 2.81 bits per heavy atom. The number of amides is 1. The summed E-state index contributed by atoms with van der Waals surface area (Å²) in [5.74, 6) is 1.04. The van der Waals surface area contributed by atoms with E-state index in [9.17, 15) is 4.79 Å². The van der Waals surface area contributed by atoms with Crippen molar-refractivity contribution in [1.29, 1.82) is 0 Å². The lowest BCUT2D eigenvalue weighted by Crippen LogP contribution is -2.50. The molecule has 5 nitrogen and oxygen atoms in total. The van der Waals surface area contributed by atoms with Gasteiger partial charge in [0.25, 0.3) is 0 Å². The molecule has 0 bridgehead atoms. The number of rotatable bonds is 4. The maximum Gasteiger partial charge on any atom is 0.223 e. The van der Waals surface area contributed by atoms with Gasteiger partial charge in [-0.25, -0.2) is 0 Å². The van der Waals surface area contributed by atoms with E-state index in [4.69, 9.17) is 10.5 Å². The molecule has 3 rings (SSSR count).